The van der Waals surface area contributed by atoms with Gasteiger partial charge in [-0.2, -0.15) is 0 Å². The number of aliphatic hydroxyl groups is 1. The zero-order chi connectivity index (χ0) is 16.7. The zero-order valence-electron chi connectivity index (χ0n) is 13.8. The van der Waals surface area contributed by atoms with Gasteiger partial charge in [-0.1, -0.05) is 19.4 Å². The van der Waals surface area contributed by atoms with E-state index in [9.17, 15) is 5.11 Å². The lowest BCUT2D eigenvalue weighted by molar-refractivity contribution is 0.282. The van der Waals surface area contributed by atoms with E-state index in [1.807, 2.05) is 31.2 Å². The number of unbranched alkanes of at least 4 members (excludes halogenated alkanes) is 1. The van der Waals surface area contributed by atoms with Crippen LogP contribution in [-0.4, -0.2) is 16.7 Å². The van der Waals surface area contributed by atoms with Crippen LogP contribution in [0.25, 0.3) is 0 Å². The first-order chi connectivity index (χ1) is 11.1. The molecule has 2 rings (SSSR count). The minimum absolute atomic E-state index is 0.0109. The van der Waals surface area contributed by atoms with Gasteiger partial charge in [0.1, 0.15) is 11.4 Å². The molecule has 0 spiro atoms. The topological polar surface area (TPSA) is 80.4 Å². The van der Waals surface area contributed by atoms with E-state index in [1.165, 1.54) is 0 Å². The molecule has 4 N–H and O–H groups in total. The van der Waals surface area contributed by atoms with Crippen molar-refractivity contribution in [1.82, 2.24) is 4.98 Å². The molecule has 0 aliphatic heterocycles. The van der Waals surface area contributed by atoms with Gasteiger partial charge in [0.25, 0.3) is 0 Å². The van der Waals surface area contributed by atoms with Crippen LogP contribution in [0.5, 0.6) is 5.75 Å². The third-order valence-electron chi connectivity index (χ3n) is 3.57. The van der Waals surface area contributed by atoms with Crippen LogP contribution in [0, 0.1) is 6.92 Å². The van der Waals surface area contributed by atoms with Crippen LogP contribution < -0.4 is 15.8 Å². The second-order valence-corrected chi connectivity index (χ2v) is 5.53. The number of nitrogens with two attached hydrogens (primary N) is 1. The molecule has 0 radical (unpaired) electrons. The molecule has 5 nitrogen and oxygen atoms in total. The van der Waals surface area contributed by atoms with Gasteiger partial charge in [-0.15, -0.1) is 0 Å². The molecule has 0 unspecified atom stereocenters. The van der Waals surface area contributed by atoms with Gasteiger partial charge < -0.3 is 20.9 Å². The highest BCUT2D eigenvalue weighted by Gasteiger charge is 2.08. The molecule has 0 fully saturated rings. The largest absolute Gasteiger partial charge is 0.492 e. The number of nitrogens with zero attached hydrogens (tertiary/aromatic N) is 1. The molecule has 1 heterocycles. The smallest absolute Gasteiger partial charge is 0.142 e. The lowest BCUT2D eigenvalue weighted by Crippen LogP contribution is -2.08. The Morgan fingerprint density at radius 3 is 2.83 bits per heavy atom. The molecule has 5 heteroatoms. The molecule has 0 saturated heterocycles. The Kier molecular flexibility index (Phi) is 6.23. The fourth-order valence-electron chi connectivity index (χ4n) is 2.22. The fourth-order valence-corrected chi connectivity index (χ4v) is 2.22. The number of hydrogen-bond acceptors (Lipinski definition) is 5. The van der Waals surface area contributed by atoms with E-state index in [0.717, 1.165) is 41.2 Å². The Morgan fingerprint density at radius 1 is 1.26 bits per heavy atom. The molecule has 0 saturated carbocycles. The maximum Gasteiger partial charge on any atom is 0.142 e. The van der Waals surface area contributed by atoms with Crippen LogP contribution >= 0.6 is 0 Å². The minimum atomic E-state index is -0.0109. The summed E-state index contributed by atoms with van der Waals surface area (Å²) in [6, 6.07) is 9.36. The van der Waals surface area contributed by atoms with Crippen molar-refractivity contribution in [3.8, 4) is 5.75 Å². The molecular formula is C18H25N3O2. The summed E-state index contributed by atoms with van der Waals surface area (Å²) in [6.45, 7) is 5.29. The number of hydrogen-bond donors (Lipinski definition) is 3. The Bertz CT molecular complexity index is 644. The Balaban J connectivity index is 2.11. The SMILES string of the molecule is CCCCOc1ccc(C)nc1CNc1cc(CO)ccc1N. The van der Waals surface area contributed by atoms with E-state index in [-0.39, 0.29) is 6.61 Å². The number of ether oxygens (including phenoxy) is 1. The number of nitrogens with one attached hydrogen (secondary N) is 1. The molecule has 1 aromatic carbocycles. The maximum atomic E-state index is 9.24. The number of aryl methyl sites for hydroxylation is 1. The summed E-state index contributed by atoms with van der Waals surface area (Å²) in [5, 5.41) is 12.5. The Morgan fingerprint density at radius 2 is 2.09 bits per heavy atom. The first-order valence-corrected chi connectivity index (χ1v) is 7.96. The van der Waals surface area contributed by atoms with Crippen molar-refractivity contribution >= 4 is 11.4 Å². The van der Waals surface area contributed by atoms with E-state index in [0.29, 0.717) is 18.8 Å². The van der Waals surface area contributed by atoms with Gasteiger partial charge in [-0.25, -0.2) is 0 Å². The number of anilines is 2. The zero-order valence-corrected chi connectivity index (χ0v) is 13.8. The minimum Gasteiger partial charge on any atom is -0.492 e. The van der Waals surface area contributed by atoms with E-state index >= 15 is 0 Å². The predicted molar refractivity (Wildman–Crippen MR) is 93.5 cm³/mol. The van der Waals surface area contributed by atoms with Gasteiger partial charge in [-0.3, -0.25) is 4.98 Å². The van der Waals surface area contributed by atoms with Gasteiger partial charge in [0.2, 0.25) is 0 Å². The molecule has 1 aromatic heterocycles. The number of nitrogen functional groups attached to an aromatic ring is 1. The lowest BCUT2D eigenvalue weighted by Gasteiger charge is -2.14. The molecule has 124 valence electrons. The molecular weight excluding hydrogens is 290 g/mol. The molecule has 0 aliphatic carbocycles. The Hall–Kier alpha value is -2.27. The molecule has 0 atom stereocenters. The van der Waals surface area contributed by atoms with Crippen molar-refractivity contribution in [2.24, 2.45) is 0 Å². The molecule has 0 bridgehead atoms. The summed E-state index contributed by atoms with van der Waals surface area (Å²) in [5.41, 5.74) is 10.0. The maximum absolute atomic E-state index is 9.24. The highest BCUT2D eigenvalue weighted by atomic mass is 16.5. The van der Waals surface area contributed by atoms with Gasteiger partial charge in [0.15, 0.2) is 0 Å². The average molecular weight is 315 g/mol. The summed E-state index contributed by atoms with van der Waals surface area (Å²) < 4.78 is 5.82. The van der Waals surface area contributed by atoms with Crippen molar-refractivity contribution in [2.75, 3.05) is 17.7 Å². The van der Waals surface area contributed by atoms with Crippen LogP contribution in [0.1, 0.15) is 36.7 Å². The highest BCUT2D eigenvalue weighted by molar-refractivity contribution is 5.67. The van der Waals surface area contributed by atoms with E-state index in [4.69, 9.17) is 10.5 Å². The van der Waals surface area contributed by atoms with Crippen LogP contribution in [0.2, 0.25) is 0 Å². The average Bonchev–Trinajstić information content (AvgIpc) is 2.56. The number of pyridine rings is 1. The van der Waals surface area contributed by atoms with Crippen molar-refractivity contribution in [3.63, 3.8) is 0 Å². The van der Waals surface area contributed by atoms with Gasteiger partial charge in [0.05, 0.1) is 31.1 Å². The highest BCUT2D eigenvalue weighted by Crippen LogP contribution is 2.23. The van der Waals surface area contributed by atoms with Crippen LogP contribution in [-0.2, 0) is 13.2 Å². The summed E-state index contributed by atoms with van der Waals surface area (Å²) in [7, 11) is 0. The van der Waals surface area contributed by atoms with Crippen molar-refractivity contribution in [2.45, 2.75) is 39.8 Å². The first-order valence-electron chi connectivity index (χ1n) is 7.96. The summed E-state index contributed by atoms with van der Waals surface area (Å²) in [5.74, 6) is 0.799. The van der Waals surface area contributed by atoms with Gasteiger partial charge in [-0.05, 0) is 43.2 Å². The van der Waals surface area contributed by atoms with Gasteiger partial charge >= 0.3 is 0 Å². The predicted octanol–water partition coefficient (Wildman–Crippen LogP) is 3.26. The summed E-state index contributed by atoms with van der Waals surface area (Å²) in [6.07, 6.45) is 2.11. The Labute approximate surface area is 137 Å². The molecule has 23 heavy (non-hydrogen) atoms. The summed E-state index contributed by atoms with van der Waals surface area (Å²) >= 11 is 0. The standard InChI is InChI=1S/C18H25N3O2/c1-3-4-9-23-18-8-5-13(2)21-17(18)11-20-16-10-14(12-22)6-7-15(16)19/h5-8,10,20,22H,3-4,9,11-12,19H2,1-2H3. The fraction of sp³-hybridized carbons (Fsp3) is 0.389. The monoisotopic (exact) mass is 315 g/mol. The number of aliphatic hydroxyl groups excluding tert-OH is 1. The quantitative estimate of drug-likeness (QED) is 0.514. The van der Waals surface area contributed by atoms with Crippen LogP contribution in [0.15, 0.2) is 30.3 Å². The van der Waals surface area contributed by atoms with Crippen molar-refractivity contribution in [1.29, 1.82) is 0 Å². The van der Waals surface area contributed by atoms with Crippen LogP contribution in [0.3, 0.4) is 0 Å². The number of rotatable bonds is 8. The second kappa shape index (κ2) is 8.39. The second-order valence-electron chi connectivity index (χ2n) is 5.53. The molecule has 0 amide bonds. The molecule has 0 aliphatic rings. The number of benzene rings is 1. The lowest BCUT2D eigenvalue weighted by atomic mass is 10.1. The van der Waals surface area contributed by atoms with E-state index in [2.05, 4.69) is 17.2 Å². The van der Waals surface area contributed by atoms with Crippen molar-refractivity contribution in [3.05, 3.63) is 47.3 Å². The first kappa shape index (κ1) is 17.1. The van der Waals surface area contributed by atoms with Crippen LogP contribution in [0.4, 0.5) is 11.4 Å². The molecule has 2 aromatic rings. The third-order valence-corrected chi connectivity index (χ3v) is 3.57. The van der Waals surface area contributed by atoms with E-state index in [1.54, 1.807) is 6.07 Å². The van der Waals surface area contributed by atoms with Crippen molar-refractivity contribution < 1.29 is 9.84 Å². The van der Waals surface area contributed by atoms with Gasteiger partial charge in [0, 0.05) is 5.69 Å². The van der Waals surface area contributed by atoms with E-state index < -0.39 is 0 Å². The third kappa shape index (κ3) is 4.86. The number of aromatic nitrogens is 1. The normalized spacial score (nSPS) is 10.6. The summed E-state index contributed by atoms with van der Waals surface area (Å²) in [4.78, 5) is 4.56.